The van der Waals surface area contributed by atoms with E-state index in [9.17, 15) is 26.4 Å². The summed E-state index contributed by atoms with van der Waals surface area (Å²) in [5.41, 5.74) is 0. The standard InChI is InChI=1S/C10H18F3N3O3S/c1-14-20(18,19)5-4-15-9(17)8-3-2-7(6-16-8)10(11,12)13/h7-8,14,16H,2-6H2,1H3,(H,15,17). The third kappa shape index (κ3) is 5.25. The number of carbonyl (C=O) groups is 1. The number of piperidine rings is 1. The smallest absolute Gasteiger partial charge is 0.354 e. The number of carbonyl (C=O) groups excluding carboxylic acids is 1. The molecule has 1 aliphatic heterocycles. The molecule has 0 aromatic heterocycles. The maximum Gasteiger partial charge on any atom is 0.393 e. The Morgan fingerprint density at radius 3 is 2.45 bits per heavy atom. The van der Waals surface area contributed by atoms with Crippen LogP contribution in [0.5, 0.6) is 0 Å². The van der Waals surface area contributed by atoms with Crippen molar-refractivity contribution in [3.8, 4) is 0 Å². The minimum absolute atomic E-state index is 0.0782. The number of hydrogen-bond donors (Lipinski definition) is 3. The van der Waals surface area contributed by atoms with Crippen LogP contribution in [-0.4, -0.2) is 52.4 Å². The summed E-state index contributed by atoms with van der Waals surface area (Å²) in [7, 11) is -2.15. The average molecular weight is 317 g/mol. The summed E-state index contributed by atoms with van der Waals surface area (Å²) < 4.78 is 61.6. The number of halogens is 3. The van der Waals surface area contributed by atoms with Crippen molar-refractivity contribution in [1.82, 2.24) is 15.4 Å². The van der Waals surface area contributed by atoms with Gasteiger partial charge in [-0.25, -0.2) is 13.1 Å². The molecule has 1 rings (SSSR count). The zero-order valence-corrected chi connectivity index (χ0v) is 11.8. The molecular weight excluding hydrogens is 299 g/mol. The predicted molar refractivity (Wildman–Crippen MR) is 66.4 cm³/mol. The second kappa shape index (κ2) is 6.72. The van der Waals surface area contributed by atoms with E-state index in [0.717, 1.165) is 0 Å². The molecule has 6 nitrogen and oxygen atoms in total. The van der Waals surface area contributed by atoms with E-state index >= 15 is 0 Å². The monoisotopic (exact) mass is 317 g/mol. The number of hydrogen-bond acceptors (Lipinski definition) is 4. The van der Waals surface area contributed by atoms with Gasteiger partial charge in [-0.1, -0.05) is 0 Å². The van der Waals surface area contributed by atoms with Crippen molar-refractivity contribution < 1.29 is 26.4 Å². The highest BCUT2D eigenvalue weighted by Crippen LogP contribution is 2.31. The highest BCUT2D eigenvalue weighted by molar-refractivity contribution is 7.89. The Morgan fingerprint density at radius 2 is 2.00 bits per heavy atom. The molecule has 1 saturated heterocycles. The lowest BCUT2D eigenvalue weighted by atomic mass is 9.94. The zero-order chi connectivity index (χ0) is 15.4. The topological polar surface area (TPSA) is 87.3 Å². The van der Waals surface area contributed by atoms with Gasteiger partial charge in [0.1, 0.15) is 0 Å². The molecule has 0 radical (unpaired) electrons. The number of nitrogens with one attached hydrogen (secondary N) is 3. The largest absolute Gasteiger partial charge is 0.393 e. The van der Waals surface area contributed by atoms with Crippen LogP contribution in [0.2, 0.25) is 0 Å². The minimum Gasteiger partial charge on any atom is -0.354 e. The Hall–Kier alpha value is -0.870. The first kappa shape index (κ1) is 17.2. The summed E-state index contributed by atoms with van der Waals surface area (Å²) in [5.74, 6) is -2.18. The van der Waals surface area contributed by atoms with Crippen LogP contribution in [0.15, 0.2) is 0 Å². The third-order valence-corrected chi connectivity index (χ3v) is 4.54. The van der Waals surface area contributed by atoms with Crippen molar-refractivity contribution in [2.24, 2.45) is 5.92 Å². The Morgan fingerprint density at radius 1 is 1.35 bits per heavy atom. The molecule has 0 aromatic rings. The van der Waals surface area contributed by atoms with Gasteiger partial charge >= 0.3 is 6.18 Å². The van der Waals surface area contributed by atoms with Gasteiger partial charge in [0.25, 0.3) is 0 Å². The summed E-state index contributed by atoms with van der Waals surface area (Å²) >= 11 is 0. The van der Waals surface area contributed by atoms with E-state index in [-0.39, 0.29) is 31.7 Å². The molecule has 2 atom stereocenters. The Kier molecular flexibility index (Phi) is 5.78. The molecule has 10 heteroatoms. The van der Waals surface area contributed by atoms with Crippen molar-refractivity contribution in [3.63, 3.8) is 0 Å². The van der Waals surface area contributed by atoms with Crippen LogP contribution in [0.4, 0.5) is 13.2 Å². The highest BCUT2D eigenvalue weighted by atomic mass is 32.2. The Labute approximate surface area is 115 Å². The second-order valence-corrected chi connectivity index (χ2v) is 6.64. The van der Waals surface area contributed by atoms with Gasteiger partial charge in [0.05, 0.1) is 17.7 Å². The summed E-state index contributed by atoms with van der Waals surface area (Å²) in [5, 5.41) is 4.93. The normalized spacial score (nSPS) is 24.4. The van der Waals surface area contributed by atoms with Crippen molar-refractivity contribution in [1.29, 1.82) is 0 Å². The van der Waals surface area contributed by atoms with E-state index in [2.05, 4.69) is 15.4 Å². The molecular formula is C10H18F3N3O3S. The highest BCUT2D eigenvalue weighted by Gasteiger charge is 2.42. The molecule has 3 N–H and O–H groups in total. The molecule has 0 aliphatic carbocycles. The summed E-state index contributed by atoms with van der Waals surface area (Å²) in [6.45, 7) is -0.376. The van der Waals surface area contributed by atoms with Crippen LogP contribution in [-0.2, 0) is 14.8 Å². The molecule has 118 valence electrons. The molecule has 0 bridgehead atoms. The number of amides is 1. The fraction of sp³-hybridized carbons (Fsp3) is 0.900. The van der Waals surface area contributed by atoms with E-state index < -0.39 is 34.1 Å². The quantitative estimate of drug-likeness (QED) is 0.643. The van der Waals surface area contributed by atoms with Crippen molar-refractivity contribution in [3.05, 3.63) is 0 Å². The fourth-order valence-electron chi connectivity index (χ4n) is 1.89. The second-order valence-electron chi connectivity index (χ2n) is 4.59. The lowest BCUT2D eigenvalue weighted by Gasteiger charge is -2.30. The van der Waals surface area contributed by atoms with Gasteiger partial charge in [0.2, 0.25) is 15.9 Å². The Bertz CT molecular complexity index is 431. The summed E-state index contributed by atoms with van der Waals surface area (Å²) in [6.07, 6.45) is -4.28. The van der Waals surface area contributed by atoms with E-state index in [1.54, 1.807) is 0 Å². The molecule has 1 amide bonds. The molecule has 1 aliphatic rings. The summed E-state index contributed by atoms with van der Waals surface area (Å²) in [4.78, 5) is 11.7. The zero-order valence-electron chi connectivity index (χ0n) is 11.0. The van der Waals surface area contributed by atoms with Crippen molar-refractivity contribution in [2.45, 2.75) is 25.1 Å². The Balaban J connectivity index is 2.33. The molecule has 20 heavy (non-hydrogen) atoms. The average Bonchev–Trinajstić information content (AvgIpc) is 2.37. The van der Waals surface area contributed by atoms with E-state index in [4.69, 9.17) is 0 Å². The molecule has 1 fully saturated rings. The SMILES string of the molecule is CNS(=O)(=O)CCNC(=O)C1CCC(C(F)(F)F)CN1. The van der Waals surface area contributed by atoms with E-state index in [1.165, 1.54) is 7.05 Å². The third-order valence-electron chi connectivity index (χ3n) is 3.17. The summed E-state index contributed by atoms with van der Waals surface area (Å²) in [6, 6.07) is -0.703. The van der Waals surface area contributed by atoms with Crippen LogP contribution >= 0.6 is 0 Å². The first-order valence-corrected chi connectivity index (χ1v) is 7.80. The first-order valence-electron chi connectivity index (χ1n) is 6.15. The van der Waals surface area contributed by atoms with Gasteiger partial charge in [0, 0.05) is 13.1 Å². The van der Waals surface area contributed by atoms with Crippen LogP contribution in [0.1, 0.15) is 12.8 Å². The van der Waals surface area contributed by atoms with Crippen LogP contribution in [0.3, 0.4) is 0 Å². The minimum atomic E-state index is -4.25. The van der Waals surface area contributed by atoms with Gasteiger partial charge < -0.3 is 10.6 Å². The van der Waals surface area contributed by atoms with Gasteiger partial charge in [0.15, 0.2) is 0 Å². The number of sulfonamides is 1. The number of alkyl halides is 3. The molecule has 0 spiro atoms. The van der Waals surface area contributed by atoms with Gasteiger partial charge in [-0.05, 0) is 19.9 Å². The lowest BCUT2D eigenvalue weighted by molar-refractivity contribution is -0.180. The van der Waals surface area contributed by atoms with Crippen LogP contribution < -0.4 is 15.4 Å². The van der Waals surface area contributed by atoms with Gasteiger partial charge in [-0.2, -0.15) is 13.2 Å². The van der Waals surface area contributed by atoms with Crippen molar-refractivity contribution in [2.75, 3.05) is 25.9 Å². The van der Waals surface area contributed by atoms with Crippen LogP contribution in [0.25, 0.3) is 0 Å². The van der Waals surface area contributed by atoms with Gasteiger partial charge in [-0.3, -0.25) is 4.79 Å². The molecule has 2 unspecified atom stereocenters. The molecule has 1 heterocycles. The fourth-order valence-corrected chi connectivity index (χ4v) is 2.47. The molecule has 0 saturated carbocycles. The number of rotatable bonds is 5. The van der Waals surface area contributed by atoms with Crippen molar-refractivity contribution >= 4 is 15.9 Å². The molecule has 0 aromatic carbocycles. The maximum atomic E-state index is 12.4. The van der Waals surface area contributed by atoms with E-state index in [0.29, 0.717) is 0 Å². The van der Waals surface area contributed by atoms with Crippen LogP contribution in [0, 0.1) is 5.92 Å². The lowest BCUT2D eigenvalue weighted by Crippen LogP contribution is -2.52. The van der Waals surface area contributed by atoms with Gasteiger partial charge in [-0.15, -0.1) is 0 Å². The first-order chi connectivity index (χ1) is 9.15. The van der Waals surface area contributed by atoms with E-state index in [1.807, 2.05) is 0 Å². The maximum absolute atomic E-state index is 12.4. The predicted octanol–water partition coefficient (Wildman–Crippen LogP) is -0.418.